The molecule has 0 N–H and O–H groups in total. The Labute approximate surface area is 274 Å². The third-order valence-corrected chi connectivity index (χ3v) is 8.94. The monoisotopic (exact) mass is 608 g/mol. The van der Waals surface area contributed by atoms with Gasteiger partial charge in [0.05, 0.1) is 23.9 Å². The summed E-state index contributed by atoms with van der Waals surface area (Å²) in [6, 6.07) is 49.1. The zero-order valence-electron chi connectivity index (χ0n) is 26.5. The number of benzene rings is 6. The summed E-state index contributed by atoms with van der Waals surface area (Å²) in [6.07, 6.45) is 3.18. The van der Waals surface area contributed by atoms with Crippen LogP contribution >= 0.6 is 0 Å². The molecular weight excluding hydrogens is 574 g/mol. The Morgan fingerprint density at radius 3 is 1.94 bits per heavy atom. The lowest BCUT2D eigenvalue weighted by atomic mass is 9.89. The van der Waals surface area contributed by atoms with Crippen LogP contribution in [0.25, 0.3) is 77.5 Å². The fraction of sp³-hybridized carbons (Fsp3) is 0.0930. The van der Waals surface area contributed by atoms with E-state index in [1.807, 2.05) is 12.1 Å². The van der Waals surface area contributed by atoms with Crippen molar-refractivity contribution in [3.8, 4) is 50.8 Å². The first-order valence-corrected chi connectivity index (χ1v) is 16.2. The predicted octanol–water partition coefficient (Wildman–Crippen LogP) is 10.3. The number of nitrogens with zero attached hydrogens (tertiary/aromatic N) is 3. The van der Waals surface area contributed by atoms with Crippen molar-refractivity contribution < 1.29 is 9.30 Å². The number of fused-ring (bicyclic) bond motifs is 3. The Morgan fingerprint density at radius 2 is 1.23 bits per heavy atom. The van der Waals surface area contributed by atoms with Gasteiger partial charge in [-0.2, -0.15) is 4.57 Å². The molecule has 8 aromatic rings. The average Bonchev–Trinajstić information content (AvgIpc) is 3.14. The van der Waals surface area contributed by atoms with Crippen LogP contribution in [0, 0.1) is 0 Å². The maximum absolute atomic E-state index is 5.92. The highest BCUT2D eigenvalue weighted by Gasteiger charge is 2.21. The molecule has 8 rings (SSSR count). The minimum atomic E-state index is 0.701. The molecule has 2 aromatic heterocycles. The third-order valence-electron chi connectivity index (χ3n) is 8.94. The normalized spacial score (nSPS) is 11.4. The van der Waals surface area contributed by atoms with Crippen molar-refractivity contribution in [2.24, 2.45) is 0 Å². The number of hydrogen-bond acceptors (Lipinski definition) is 3. The van der Waals surface area contributed by atoms with Crippen molar-refractivity contribution in [3.05, 3.63) is 146 Å². The molecule has 0 saturated heterocycles. The van der Waals surface area contributed by atoms with Gasteiger partial charge in [-0.15, -0.1) is 0 Å². The third kappa shape index (κ3) is 5.18. The molecule has 2 heterocycles. The second kappa shape index (κ2) is 12.1. The average molecular weight is 609 g/mol. The summed E-state index contributed by atoms with van der Waals surface area (Å²) in [6.45, 7) is 3.12. The summed E-state index contributed by atoms with van der Waals surface area (Å²) in [5, 5.41) is 5.91. The van der Waals surface area contributed by atoms with Crippen molar-refractivity contribution in [3.63, 3.8) is 0 Å². The first kappa shape index (κ1) is 28.6. The van der Waals surface area contributed by atoms with Gasteiger partial charge in [-0.1, -0.05) is 104 Å². The molecule has 0 aliphatic rings. The molecule has 47 heavy (non-hydrogen) atoms. The molecule has 0 unspecified atom stereocenters. The van der Waals surface area contributed by atoms with E-state index < -0.39 is 0 Å². The highest BCUT2D eigenvalue weighted by Crippen LogP contribution is 2.42. The highest BCUT2D eigenvalue weighted by atomic mass is 16.5. The lowest BCUT2D eigenvalue weighted by Crippen LogP contribution is -2.34. The fourth-order valence-electron chi connectivity index (χ4n) is 6.76. The number of ether oxygens (including phenoxy) is 1. The Bertz CT molecular complexity index is 2340. The van der Waals surface area contributed by atoms with Crippen LogP contribution in [-0.4, -0.2) is 17.1 Å². The standard InChI is InChI=1S/C43H34N3O/c1-3-24-46-25-12-19-36-35(22-23-40(47-2)42(36)46)41-34-18-11-10-17-31(34)26-32-20-21-33(27-37(32)41)43-44-38(29-13-6-4-7-14-29)28-39(45-43)30-15-8-5-9-16-30/h4-23,25-28H,3,24H2,1-2H3/q+1. The van der Waals surface area contributed by atoms with Crippen LogP contribution in [0.2, 0.25) is 0 Å². The molecule has 0 spiro atoms. The van der Waals surface area contributed by atoms with Crippen LogP contribution in [0.1, 0.15) is 13.3 Å². The van der Waals surface area contributed by atoms with Gasteiger partial charge in [0, 0.05) is 29.2 Å². The van der Waals surface area contributed by atoms with Crippen molar-refractivity contribution in [1.82, 2.24) is 9.97 Å². The highest BCUT2D eigenvalue weighted by molar-refractivity contribution is 6.17. The van der Waals surface area contributed by atoms with Crippen LogP contribution in [-0.2, 0) is 6.54 Å². The Hall–Kier alpha value is -5.87. The summed E-state index contributed by atoms with van der Waals surface area (Å²) in [7, 11) is 1.75. The lowest BCUT2D eigenvalue weighted by Gasteiger charge is -2.16. The molecule has 6 aromatic carbocycles. The molecule has 226 valence electrons. The van der Waals surface area contributed by atoms with Gasteiger partial charge in [0.25, 0.3) is 5.52 Å². The number of hydrogen-bond donors (Lipinski definition) is 0. The van der Waals surface area contributed by atoms with E-state index in [9.17, 15) is 0 Å². The van der Waals surface area contributed by atoms with E-state index in [4.69, 9.17) is 14.7 Å². The molecule has 0 aliphatic carbocycles. The van der Waals surface area contributed by atoms with E-state index in [0.717, 1.165) is 63.1 Å². The van der Waals surface area contributed by atoms with Crippen molar-refractivity contribution in [2.75, 3.05) is 7.11 Å². The summed E-state index contributed by atoms with van der Waals surface area (Å²) in [5.74, 6) is 1.58. The molecule has 0 bridgehead atoms. The molecule has 0 aliphatic heterocycles. The van der Waals surface area contributed by atoms with Gasteiger partial charge in [-0.25, -0.2) is 9.97 Å². The van der Waals surface area contributed by atoms with Gasteiger partial charge in [0.2, 0.25) is 0 Å². The van der Waals surface area contributed by atoms with Gasteiger partial charge in [0.1, 0.15) is 6.54 Å². The van der Waals surface area contributed by atoms with Gasteiger partial charge >= 0.3 is 0 Å². The number of rotatable bonds is 7. The molecule has 0 radical (unpaired) electrons. The largest absolute Gasteiger partial charge is 0.490 e. The van der Waals surface area contributed by atoms with Crippen molar-refractivity contribution >= 4 is 32.4 Å². The molecule has 0 atom stereocenters. The Balaban J connectivity index is 1.42. The summed E-state index contributed by atoms with van der Waals surface area (Å²) >= 11 is 0. The minimum Gasteiger partial charge on any atom is -0.490 e. The zero-order valence-corrected chi connectivity index (χ0v) is 26.5. The maximum atomic E-state index is 5.92. The number of methoxy groups -OCH3 is 1. The van der Waals surface area contributed by atoms with E-state index in [0.29, 0.717) is 5.82 Å². The van der Waals surface area contributed by atoms with Crippen LogP contribution in [0.15, 0.2) is 146 Å². The number of aromatic nitrogens is 3. The minimum absolute atomic E-state index is 0.701. The first-order chi connectivity index (χ1) is 23.2. The van der Waals surface area contributed by atoms with Crippen LogP contribution in [0.5, 0.6) is 5.75 Å². The smallest absolute Gasteiger partial charge is 0.255 e. The second-order valence-corrected chi connectivity index (χ2v) is 11.9. The lowest BCUT2D eigenvalue weighted by molar-refractivity contribution is -0.671. The van der Waals surface area contributed by atoms with E-state index >= 15 is 0 Å². The molecule has 4 heteroatoms. The molecule has 0 fully saturated rings. The Kier molecular flexibility index (Phi) is 7.39. The van der Waals surface area contributed by atoms with Gasteiger partial charge in [0.15, 0.2) is 17.8 Å². The van der Waals surface area contributed by atoms with Crippen LogP contribution < -0.4 is 9.30 Å². The topological polar surface area (TPSA) is 38.9 Å². The Morgan fingerprint density at radius 1 is 0.574 bits per heavy atom. The quantitative estimate of drug-likeness (QED) is 0.133. The van der Waals surface area contributed by atoms with E-state index in [1.54, 1.807) is 7.11 Å². The van der Waals surface area contributed by atoms with E-state index in [-0.39, 0.29) is 0 Å². The summed E-state index contributed by atoms with van der Waals surface area (Å²) in [5.41, 5.74) is 8.38. The van der Waals surface area contributed by atoms with Crippen molar-refractivity contribution in [2.45, 2.75) is 19.9 Å². The second-order valence-electron chi connectivity index (χ2n) is 11.9. The van der Waals surface area contributed by atoms with E-state index in [1.165, 1.54) is 27.3 Å². The predicted molar refractivity (Wildman–Crippen MR) is 193 cm³/mol. The molecule has 0 amide bonds. The van der Waals surface area contributed by atoms with E-state index in [2.05, 4.69) is 145 Å². The number of aryl methyl sites for hydroxylation is 1. The zero-order chi connectivity index (χ0) is 31.7. The van der Waals surface area contributed by atoms with Crippen LogP contribution in [0.3, 0.4) is 0 Å². The van der Waals surface area contributed by atoms with Crippen LogP contribution in [0.4, 0.5) is 0 Å². The molecule has 0 saturated carbocycles. The SMILES string of the molecule is CCC[n+]1cccc2c(-c3c4ccccc4cc4ccc(-c5nc(-c6ccccc6)cc(-c6ccccc6)n5)cc34)ccc(OC)c21. The van der Waals surface area contributed by atoms with Gasteiger partial charge in [-0.05, 0) is 69.1 Å². The maximum Gasteiger partial charge on any atom is 0.255 e. The fourth-order valence-corrected chi connectivity index (χ4v) is 6.76. The van der Waals surface area contributed by atoms with Gasteiger partial charge < -0.3 is 4.74 Å². The summed E-state index contributed by atoms with van der Waals surface area (Å²) < 4.78 is 8.23. The number of pyridine rings is 1. The summed E-state index contributed by atoms with van der Waals surface area (Å²) in [4.78, 5) is 10.3. The molecular formula is C43H34N3O+. The first-order valence-electron chi connectivity index (χ1n) is 16.2. The molecule has 4 nitrogen and oxygen atoms in total. The van der Waals surface area contributed by atoms with Crippen molar-refractivity contribution in [1.29, 1.82) is 0 Å². The van der Waals surface area contributed by atoms with Gasteiger partial charge in [-0.3, -0.25) is 0 Å².